The predicted molar refractivity (Wildman–Crippen MR) is 68.7 cm³/mol. The first-order valence-corrected chi connectivity index (χ1v) is 6.77. The Labute approximate surface area is 104 Å². The summed E-state index contributed by atoms with van der Waals surface area (Å²) in [5.74, 6) is 0.128. The van der Waals surface area contributed by atoms with E-state index in [1.54, 1.807) is 0 Å². The van der Waals surface area contributed by atoms with Gasteiger partial charge in [0, 0.05) is 25.8 Å². The first kappa shape index (κ1) is 14.5. The molecule has 0 saturated carbocycles. The average molecular weight is 242 g/mol. The number of nitrogens with two attached hydrogens (primary N) is 1. The number of carbonyl (C=O) groups excluding carboxylic acids is 1. The second-order valence-electron chi connectivity index (χ2n) is 4.96. The molecular weight excluding hydrogens is 216 g/mol. The van der Waals surface area contributed by atoms with Crippen molar-refractivity contribution in [3.8, 4) is 0 Å². The summed E-state index contributed by atoms with van der Waals surface area (Å²) >= 11 is 0. The Hall–Kier alpha value is -0.610. The lowest BCUT2D eigenvalue weighted by Crippen LogP contribution is -2.51. The van der Waals surface area contributed by atoms with Gasteiger partial charge in [0.25, 0.3) is 0 Å². The molecule has 3 N–H and O–H groups in total. The molecule has 4 nitrogen and oxygen atoms in total. The summed E-state index contributed by atoms with van der Waals surface area (Å²) in [4.78, 5) is 12.3. The molecule has 1 saturated heterocycles. The van der Waals surface area contributed by atoms with E-state index in [9.17, 15) is 4.79 Å². The van der Waals surface area contributed by atoms with Gasteiger partial charge < -0.3 is 15.8 Å². The highest BCUT2D eigenvalue weighted by Gasteiger charge is 2.39. The number of amides is 1. The van der Waals surface area contributed by atoms with Crippen LogP contribution in [0, 0.1) is 5.41 Å². The van der Waals surface area contributed by atoms with Crippen LogP contribution in [0.2, 0.25) is 0 Å². The summed E-state index contributed by atoms with van der Waals surface area (Å²) in [5, 5.41) is 3.15. The fourth-order valence-electron chi connectivity index (χ4n) is 2.35. The van der Waals surface area contributed by atoms with Crippen molar-refractivity contribution < 1.29 is 9.53 Å². The Bertz CT molecular complexity index is 238. The predicted octanol–water partition coefficient (Wildman–Crippen LogP) is 1.44. The summed E-state index contributed by atoms with van der Waals surface area (Å²) in [6.45, 7) is 5.97. The third-order valence-electron chi connectivity index (χ3n) is 3.79. The largest absolute Gasteiger partial charge is 0.381 e. The van der Waals surface area contributed by atoms with Gasteiger partial charge in [-0.3, -0.25) is 4.79 Å². The maximum Gasteiger partial charge on any atom is 0.227 e. The van der Waals surface area contributed by atoms with Crippen LogP contribution in [0.15, 0.2) is 0 Å². The molecule has 1 fully saturated rings. The maximum atomic E-state index is 12.3. The zero-order valence-corrected chi connectivity index (χ0v) is 11.1. The highest BCUT2D eigenvalue weighted by Crippen LogP contribution is 2.29. The number of ether oxygens (including phenoxy) is 1. The molecule has 1 atom stereocenters. The van der Waals surface area contributed by atoms with Crippen molar-refractivity contribution >= 4 is 5.91 Å². The molecule has 1 aliphatic heterocycles. The Balaban J connectivity index is 2.58. The average Bonchev–Trinajstić information content (AvgIpc) is 2.38. The first-order chi connectivity index (χ1) is 8.18. The third-order valence-corrected chi connectivity index (χ3v) is 3.79. The molecule has 0 aromatic heterocycles. The van der Waals surface area contributed by atoms with E-state index in [4.69, 9.17) is 10.5 Å². The number of rotatable bonds is 6. The van der Waals surface area contributed by atoms with E-state index in [2.05, 4.69) is 19.2 Å². The standard InChI is InChI=1S/C13H26N2O2/c1-3-5-11(4-2)15-12(16)13(10-14)6-8-17-9-7-13/h11H,3-10,14H2,1-2H3,(H,15,16). The van der Waals surface area contributed by atoms with Crippen LogP contribution in [-0.2, 0) is 9.53 Å². The van der Waals surface area contributed by atoms with E-state index in [1.165, 1.54) is 0 Å². The first-order valence-electron chi connectivity index (χ1n) is 6.77. The van der Waals surface area contributed by atoms with Crippen LogP contribution >= 0.6 is 0 Å². The van der Waals surface area contributed by atoms with Gasteiger partial charge in [0.2, 0.25) is 5.91 Å². The molecule has 17 heavy (non-hydrogen) atoms. The zero-order valence-electron chi connectivity index (χ0n) is 11.1. The molecular formula is C13H26N2O2. The topological polar surface area (TPSA) is 64.4 Å². The number of hydrogen-bond acceptors (Lipinski definition) is 3. The van der Waals surface area contributed by atoms with Gasteiger partial charge in [-0.05, 0) is 25.7 Å². The quantitative estimate of drug-likeness (QED) is 0.740. The Morgan fingerprint density at radius 1 is 1.41 bits per heavy atom. The lowest BCUT2D eigenvalue weighted by atomic mass is 9.79. The molecule has 0 aromatic rings. The molecule has 100 valence electrons. The van der Waals surface area contributed by atoms with Gasteiger partial charge in [-0.1, -0.05) is 20.3 Å². The van der Waals surface area contributed by atoms with Crippen molar-refractivity contribution in [2.75, 3.05) is 19.8 Å². The molecule has 0 aromatic carbocycles. The smallest absolute Gasteiger partial charge is 0.227 e. The van der Waals surface area contributed by atoms with Gasteiger partial charge >= 0.3 is 0 Å². The molecule has 0 aliphatic carbocycles. The fraction of sp³-hybridized carbons (Fsp3) is 0.923. The van der Waals surface area contributed by atoms with E-state index >= 15 is 0 Å². The number of hydrogen-bond donors (Lipinski definition) is 2. The fourth-order valence-corrected chi connectivity index (χ4v) is 2.35. The van der Waals surface area contributed by atoms with E-state index in [0.717, 1.165) is 32.1 Å². The third kappa shape index (κ3) is 3.68. The molecule has 1 heterocycles. The highest BCUT2D eigenvalue weighted by molar-refractivity contribution is 5.83. The molecule has 0 bridgehead atoms. The van der Waals surface area contributed by atoms with Crippen LogP contribution < -0.4 is 11.1 Å². The molecule has 0 spiro atoms. The van der Waals surface area contributed by atoms with Gasteiger partial charge in [-0.15, -0.1) is 0 Å². The maximum absolute atomic E-state index is 12.3. The van der Waals surface area contributed by atoms with Crippen molar-refractivity contribution in [3.63, 3.8) is 0 Å². The van der Waals surface area contributed by atoms with E-state index < -0.39 is 0 Å². The molecule has 1 amide bonds. The minimum absolute atomic E-state index is 0.128. The van der Waals surface area contributed by atoms with E-state index in [-0.39, 0.29) is 11.3 Å². The van der Waals surface area contributed by atoms with Crippen molar-refractivity contribution in [2.45, 2.75) is 52.0 Å². The Kier molecular flexibility index (Phi) is 5.92. The summed E-state index contributed by atoms with van der Waals surface area (Å²) in [6, 6.07) is 0.291. The minimum Gasteiger partial charge on any atom is -0.381 e. The molecule has 1 unspecified atom stereocenters. The SMILES string of the molecule is CCCC(CC)NC(=O)C1(CN)CCOCC1. The van der Waals surface area contributed by atoms with Crippen LogP contribution in [0.3, 0.4) is 0 Å². The lowest BCUT2D eigenvalue weighted by Gasteiger charge is -2.35. The Morgan fingerprint density at radius 3 is 2.53 bits per heavy atom. The molecule has 4 heteroatoms. The van der Waals surface area contributed by atoms with Crippen molar-refractivity contribution in [2.24, 2.45) is 11.1 Å². The van der Waals surface area contributed by atoms with Crippen molar-refractivity contribution in [1.82, 2.24) is 5.32 Å². The molecule has 1 aliphatic rings. The van der Waals surface area contributed by atoms with Crippen LogP contribution in [-0.4, -0.2) is 31.7 Å². The summed E-state index contributed by atoms with van der Waals surface area (Å²) in [6.07, 6.45) is 4.61. The highest BCUT2D eigenvalue weighted by atomic mass is 16.5. The minimum atomic E-state index is -0.389. The van der Waals surface area contributed by atoms with Gasteiger partial charge in [-0.2, -0.15) is 0 Å². The summed E-state index contributed by atoms with van der Waals surface area (Å²) in [7, 11) is 0. The monoisotopic (exact) mass is 242 g/mol. The molecule has 1 rings (SSSR count). The van der Waals surface area contributed by atoms with Crippen LogP contribution in [0.5, 0.6) is 0 Å². The van der Waals surface area contributed by atoms with Crippen LogP contribution in [0.4, 0.5) is 0 Å². The molecule has 0 radical (unpaired) electrons. The number of nitrogens with one attached hydrogen (secondary N) is 1. The van der Waals surface area contributed by atoms with Gasteiger partial charge in [-0.25, -0.2) is 0 Å². The lowest BCUT2D eigenvalue weighted by molar-refractivity contribution is -0.136. The summed E-state index contributed by atoms with van der Waals surface area (Å²) < 4.78 is 5.32. The number of carbonyl (C=O) groups is 1. The Morgan fingerprint density at radius 2 is 2.06 bits per heavy atom. The van der Waals surface area contributed by atoms with E-state index in [0.29, 0.717) is 25.8 Å². The second-order valence-corrected chi connectivity index (χ2v) is 4.96. The van der Waals surface area contributed by atoms with E-state index in [1.807, 2.05) is 0 Å². The van der Waals surface area contributed by atoms with Gasteiger partial charge in [0.15, 0.2) is 0 Å². The van der Waals surface area contributed by atoms with Crippen molar-refractivity contribution in [3.05, 3.63) is 0 Å². The summed E-state index contributed by atoms with van der Waals surface area (Å²) in [5.41, 5.74) is 5.42. The van der Waals surface area contributed by atoms with Crippen LogP contribution in [0.25, 0.3) is 0 Å². The van der Waals surface area contributed by atoms with Gasteiger partial charge in [0.1, 0.15) is 0 Å². The van der Waals surface area contributed by atoms with Gasteiger partial charge in [0.05, 0.1) is 5.41 Å². The second kappa shape index (κ2) is 6.97. The zero-order chi connectivity index (χ0) is 12.7. The normalized spacial score (nSPS) is 20.9. The van der Waals surface area contributed by atoms with Crippen molar-refractivity contribution in [1.29, 1.82) is 0 Å². The van der Waals surface area contributed by atoms with Crippen LogP contribution in [0.1, 0.15) is 46.0 Å².